The van der Waals surface area contributed by atoms with Crippen molar-refractivity contribution in [2.24, 2.45) is 0 Å². The molecule has 0 amide bonds. The van der Waals surface area contributed by atoms with E-state index in [0.29, 0.717) is 46.1 Å². The Morgan fingerprint density at radius 1 is 1.36 bits per heavy atom. The third-order valence-electron chi connectivity index (χ3n) is 4.63. The predicted molar refractivity (Wildman–Crippen MR) is 110 cm³/mol. The molecule has 0 aliphatic heterocycles. The molecule has 3 aromatic rings. The van der Waals surface area contributed by atoms with E-state index in [-0.39, 0.29) is 11.6 Å². The number of nitrogens with zero attached hydrogens (tertiary/aromatic N) is 4. The lowest BCUT2D eigenvalue weighted by Crippen LogP contribution is -2.26. The van der Waals surface area contributed by atoms with Crippen LogP contribution in [0.5, 0.6) is 0 Å². The average molecular weight is 395 g/mol. The van der Waals surface area contributed by atoms with Crippen LogP contribution in [0.1, 0.15) is 37.2 Å². The van der Waals surface area contributed by atoms with Crippen LogP contribution in [0.4, 0.5) is 11.6 Å². The molecule has 4 rings (SSSR count). The summed E-state index contributed by atoms with van der Waals surface area (Å²) in [6.45, 7) is 2.26. The first-order chi connectivity index (χ1) is 13.6. The van der Waals surface area contributed by atoms with Gasteiger partial charge in [0, 0.05) is 19.0 Å². The number of nitrogen functional groups attached to an aromatic ring is 1. The second-order valence-corrected chi connectivity index (χ2v) is 7.01. The van der Waals surface area contributed by atoms with Crippen molar-refractivity contribution in [3.8, 4) is 11.8 Å². The Labute approximate surface area is 167 Å². The van der Waals surface area contributed by atoms with E-state index in [0.717, 1.165) is 18.7 Å². The summed E-state index contributed by atoms with van der Waals surface area (Å²) in [5, 5.41) is 4.16. The highest BCUT2D eigenvalue weighted by atomic mass is 35.5. The summed E-state index contributed by atoms with van der Waals surface area (Å²) < 4.78 is 1.79. The summed E-state index contributed by atoms with van der Waals surface area (Å²) in [6, 6.07) is 5.55. The first-order valence-corrected chi connectivity index (χ1v) is 9.44. The van der Waals surface area contributed by atoms with Gasteiger partial charge in [-0.1, -0.05) is 23.6 Å². The number of hydrogen-bond acceptors (Lipinski definition) is 6. The minimum atomic E-state index is -0.0723. The standard InChI is InChI=1S/C20H19ClN6O/c1-2-4-13-18(22)24-11-25-19(13)23-10-9-16-26-15-6-3-5-14(21)17(15)20(28)27(16)12-7-8-12/h3,5-6,11-12H,7-10H2,1H3,(H3,22,23,24,25). The molecule has 0 unspecified atom stereocenters. The Hall–Kier alpha value is -3.11. The number of hydrogen-bond donors (Lipinski definition) is 2. The van der Waals surface area contributed by atoms with Crippen molar-refractivity contribution in [1.82, 2.24) is 19.5 Å². The lowest BCUT2D eigenvalue weighted by molar-refractivity contribution is 0.641. The summed E-state index contributed by atoms with van der Waals surface area (Å²) in [7, 11) is 0. The van der Waals surface area contributed by atoms with Crippen molar-refractivity contribution < 1.29 is 0 Å². The van der Waals surface area contributed by atoms with Gasteiger partial charge in [-0.15, -0.1) is 5.92 Å². The Bertz CT molecular complexity index is 1170. The van der Waals surface area contributed by atoms with Gasteiger partial charge in [0.1, 0.15) is 29.4 Å². The van der Waals surface area contributed by atoms with E-state index in [1.807, 2.05) is 6.07 Å². The highest BCUT2D eigenvalue weighted by Crippen LogP contribution is 2.35. The maximum Gasteiger partial charge on any atom is 0.263 e. The SMILES string of the molecule is CC#Cc1c(N)ncnc1NCCc1nc2cccc(Cl)c2c(=O)n1C1CC1. The van der Waals surface area contributed by atoms with Crippen LogP contribution in [0.3, 0.4) is 0 Å². The first kappa shape index (κ1) is 18.3. The van der Waals surface area contributed by atoms with E-state index in [9.17, 15) is 4.79 Å². The molecule has 2 aromatic heterocycles. The summed E-state index contributed by atoms with van der Waals surface area (Å²) >= 11 is 6.25. The molecule has 28 heavy (non-hydrogen) atoms. The molecule has 0 atom stereocenters. The van der Waals surface area contributed by atoms with E-state index < -0.39 is 0 Å². The molecule has 142 valence electrons. The molecule has 8 heteroatoms. The summed E-state index contributed by atoms with van der Waals surface area (Å²) in [4.78, 5) is 26.0. The van der Waals surface area contributed by atoms with Gasteiger partial charge >= 0.3 is 0 Å². The molecule has 7 nitrogen and oxygen atoms in total. The number of fused-ring (bicyclic) bond motifs is 1. The molecule has 1 saturated carbocycles. The van der Waals surface area contributed by atoms with E-state index in [2.05, 4.69) is 27.1 Å². The Morgan fingerprint density at radius 2 is 2.18 bits per heavy atom. The number of nitrogens with two attached hydrogens (primary N) is 1. The quantitative estimate of drug-likeness (QED) is 0.645. The van der Waals surface area contributed by atoms with Crippen molar-refractivity contribution in [2.45, 2.75) is 32.2 Å². The molecule has 0 bridgehead atoms. The van der Waals surface area contributed by atoms with Gasteiger partial charge in [0.05, 0.1) is 15.9 Å². The van der Waals surface area contributed by atoms with Crippen LogP contribution in [0.2, 0.25) is 5.02 Å². The third-order valence-corrected chi connectivity index (χ3v) is 4.95. The molecule has 1 aliphatic carbocycles. The van der Waals surface area contributed by atoms with E-state index in [1.54, 1.807) is 23.6 Å². The number of rotatable bonds is 5. The highest BCUT2D eigenvalue weighted by Gasteiger charge is 2.28. The maximum absolute atomic E-state index is 13.0. The van der Waals surface area contributed by atoms with Gasteiger partial charge in [0.25, 0.3) is 5.56 Å². The summed E-state index contributed by atoms with van der Waals surface area (Å²) in [6.07, 6.45) is 3.92. The van der Waals surface area contributed by atoms with Crippen molar-refractivity contribution in [2.75, 3.05) is 17.6 Å². The van der Waals surface area contributed by atoms with Gasteiger partial charge in [0.15, 0.2) is 0 Å². The Balaban J connectivity index is 1.64. The zero-order valence-corrected chi connectivity index (χ0v) is 16.1. The molecule has 1 aliphatic rings. The Kier molecular flexibility index (Phi) is 4.88. The van der Waals surface area contributed by atoms with Crippen LogP contribution >= 0.6 is 11.6 Å². The second-order valence-electron chi connectivity index (χ2n) is 6.60. The van der Waals surface area contributed by atoms with Crippen molar-refractivity contribution in [3.05, 3.63) is 51.3 Å². The fraction of sp³-hybridized carbons (Fsp3) is 0.300. The lowest BCUT2D eigenvalue weighted by Gasteiger charge is -2.14. The number of benzene rings is 1. The maximum atomic E-state index is 13.0. The third kappa shape index (κ3) is 3.39. The van der Waals surface area contributed by atoms with Crippen LogP contribution in [0, 0.1) is 11.8 Å². The van der Waals surface area contributed by atoms with Gasteiger partial charge < -0.3 is 11.1 Å². The normalized spacial score (nSPS) is 13.2. The smallest absolute Gasteiger partial charge is 0.263 e. The fourth-order valence-electron chi connectivity index (χ4n) is 3.21. The molecule has 1 fully saturated rings. The topological polar surface area (TPSA) is 98.7 Å². The molecule has 1 aromatic carbocycles. The van der Waals surface area contributed by atoms with Gasteiger partial charge in [-0.2, -0.15) is 0 Å². The van der Waals surface area contributed by atoms with Gasteiger partial charge in [-0.25, -0.2) is 15.0 Å². The van der Waals surface area contributed by atoms with Crippen LogP contribution in [-0.2, 0) is 6.42 Å². The fourth-order valence-corrected chi connectivity index (χ4v) is 3.46. The summed E-state index contributed by atoms with van der Waals surface area (Å²) in [5.41, 5.74) is 7.01. The predicted octanol–water partition coefficient (Wildman–Crippen LogP) is 2.78. The molecule has 0 saturated heterocycles. The minimum Gasteiger partial charge on any atom is -0.382 e. The van der Waals surface area contributed by atoms with Crippen LogP contribution < -0.4 is 16.6 Å². The monoisotopic (exact) mass is 394 g/mol. The molecular formula is C20H19ClN6O. The van der Waals surface area contributed by atoms with Crippen molar-refractivity contribution in [1.29, 1.82) is 0 Å². The van der Waals surface area contributed by atoms with Crippen molar-refractivity contribution in [3.63, 3.8) is 0 Å². The van der Waals surface area contributed by atoms with Gasteiger partial charge in [-0.05, 0) is 31.9 Å². The number of aromatic nitrogens is 4. The molecule has 3 N–H and O–H groups in total. The van der Waals surface area contributed by atoms with Gasteiger partial charge in [0.2, 0.25) is 0 Å². The summed E-state index contributed by atoms with van der Waals surface area (Å²) in [5.74, 6) is 7.39. The van der Waals surface area contributed by atoms with Crippen LogP contribution in [0.25, 0.3) is 10.9 Å². The minimum absolute atomic E-state index is 0.0723. The number of halogens is 1. The first-order valence-electron chi connectivity index (χ1n) is 9.07. The lowest BCUT2D eigenvalue weighted by atomic mass is 10.2. The Morgan fingerprint density at radius 3 is 2.93 bits per heavy atom. The van der Waals surface area contributed by atoms with E-state index in [1.165, 1.54) is 6.33 Å². The van der Waals surface area contributed by atoms with E-state index in [4.69, 9.17) is 22.3 Å². The highest BCUT2D eigenvalue weighted by molar-refractivity contribution is 6.35. The van der Waals surface area contributed by atoms with Gasteiger partial charge in [-0.3, -0.25) is 9.36 Å². The molecule has 2 heterocycles. The molecule has 0 radical (unpaired) electrons. The average Bonchev–Trinajstić information content (AvgIpc) is 3.49. The number of nitrogens with one attached hydrogen (secondary N) is 1. The van der Waals surface area contributed by atoms with Crippen molar-refractivity contribution >= 4 is 34.1 Å². The largest absolute Gasteiger partial charge is 0.382 e. The zero-order valence-electron chi connectivity index (χ0n) is 15.4. The van der Waals surface area contributed by atoms with E-state index >= 15 is 0 Å². The second kappa shape index (κ2) is 7.49. The number of anilines is 2. The molecular weight excluding hydrogens is 376 g/mol. The zero-order chi connectivity index (χ0) is 19.7. The molecule has 0 spiro atoms. The van der Waals surface area contributed by atoms with Crippen LogP contribution in [-0.4, -0.2) is 26.1 Å². The van der Waals surface area contributed by atoms with Crippen LogP contribution in [0.15, 0.2) is 29.3 Å².